The second-order valence-corrected chi connectivity index (χ2v) is 5.47. The molecule has 0 heterocycles. The summed E-state index contributed by atoms with van der Waals surface area (Å²) in [7, 11) is 1.60. The van der Waals surface area contributed by atoms with Gasteiger partial charge in [-0.05, 0) is 54.5 Å². The first-order chi connectivity index (χ1) is 11.4. The fourth-order valence-corrected chi connectivity index (χ4v) is 2.32. The lowest BCUT2D eigenvalue weighted by Gasteiger charge is -2.13. The summed E-state index contributed by atoms with van der Waals surface area (Å²) < 4.78 is 43.2. The molecule has 7 heteroatoms. The highest BCUT2D eigenvalue weighted by atomic mass is 32.1. The van der Waals surface area contributed by atoms with Gasteiger partial charge in [0, 0.05) is 12.2 Å². The van der Waals surface area contributed by atoms with E-state index in [1.807, 2.05) is 24.3 Å². The van der Waals surface area contributed by atoms with Gasteiger partial charge in [0.05, 0.1) is 12.7 Å². The molecule has 0 amide bonds. The molecule has 3 nitrogen and oxygen atoms in total. The molecule has 0 unspecified atom stereocenters. The molecule has 0 aromatic heterocycles. The molecule has 0 radical (unpaired) electrons. The van der Waals surface area contributed by atoms with Gasteiger partial charge in [-0.2, -0.15) is 13.2 Å². The minimum absolute atomic E-state index is 0.275. The zero-order chi connectivity index (χ0) is 17.6. The van der Waals surface area contributed by atoms with Gasteiger partial charge in [0.2, 0.25) is 0 Å². The number of thiocarbonyl (C=S) groups is 1. The molecule has 0 aliphatic heterocycles. The van der Waals surface area contributed by atoms with Crippen LogP contribution >= 0.6 is 12.2 Å². The molecule has 24 heavy (non-hydrogen) atoms. The molecule has 0 saturated heterocycles. The molecule has 0 atom stereocenters. The molecule has 0 aliphatic rings. The maximum absolute atomic E-state index is 12.7. The molecule has 0 fully saturated rings. The van der Waals surface area contributed by atoms with E-state index in [4.69, 9.17) is 17.0 Å². The van der Waals surface area contributed by atoms with Gasteiger partial charge < -0.3 is 15.4 Å². The summed E-state index contributed by atoms with van der Waals surface area (Å²) in [6, 6.07) is 12.6. The third-order valence-electron chi connectivity index (χ3n) is 3.28. The maximum atomic E-state index is 12.7. The van der Waals surface area contributed by atoms with E-state index >= 15 is 0 Å². The Kier molecular flexibility index (Phi) is 6.03. The highest BCUT2D eigenvalue weighted by molar-refractivity contribution is 7.80. The summed E-state index contributed by atoms with van der Waals surface area (Å²) in [6.07, 6.45) is -3.67. The van der Waals surface area contributed by atoms with Gasteiger partial charge in [-0.3, -0.25) is 0 Å². The minimum Gasteiger partial charge on any atom is -0.497 e. The third-order valence-corrected chi connectivity index (χ3v) is 3.53. The second-order valence-electron chi connectivity index (χ2n) is 5.06. The number of rotatable bonds is 5. The molecule has 0 aliphatic carbocycles. The Morgan fingerprint density at radius 3 is 2.58 bits per heavy atom. The Morgan fingerprint density at radius 2 is 1.88 bits per heavy atom. The summed E-state index contributed by atoms with van der Waals surface area (Å²) in [6.45, 7) is 0.554. The Labute approximate surface area is 143 Å². The van der Waals surface area contributed by atoms with Crippen LogP contribution < -0.4 is 15.4 Å². The van der Waals surface area contributed by atoms with Gasteiger partial charge in [0.15, 0.2) is 5.11 Å². The number of ether oxygens (including phenoxy) is 1. The Hall–Kier alpha value is -2.28. The van der Waals surface area contributed by atoms with Crippen molar-refractivity contribution in [1.82, 2.24) is 5.32 Å². The standard InChI is InChI=1S/C17H17F3N2OS/c1-23-15-7-2-4-12(10-15)8-9-21-16(24)22-14-6-3-5-13(11-14)17(18,19)20/h2-7,10-11H,8-9H2,1H3,(H2,21,22,24). The monoisotopic (exact) mass is 354 g/mol. The van der Waals surface area contributed by atoms with E-state index in [-0.39, 0.29) is 5.11 Å². The summed E-state index contributed by atoms with van der Waals surface area (Å²) in [5.41, 5.74) is 0.652. The molecule has 2 N–H and O–H groups in total. The molecule has 0 spiro atoms. The first kappa shape index (κ1) is 18.1. The molecule has 0 bridgehead atoms. The van der Waals surface area contributed by atoms with E-state index in [1.165, 1.54) is 12.1 Å². The zero-order valence-electron chi connectivity index (χ0n) is 13.0. The van der Waals surface area contributed by atoms with E-state index in [1.54, 1.807) is 7.11 Å². The fraction of sp³-hybridized carbons (Fsp3) is 0.235. The maximum Gasteiger partial charge on any atom is 0.416 e. The molecular formula is C17H17F3N2OS. The molecule has 2 aromatic carbocycles. The average molecular weight is 354 g/mol. The number of alkyl halides is 3. The number of halogens is 3. The van der Waals surface area contributed by atoms with Crippen LogP contribution in [-0.4, -0.2) is 18.8 Å². The molecule has 2 aromatic rings. The van der Waals surface area contributed by atoms with Gasteiger partial charge >= 0.3 is 6.18 Å². The van der Waals surface area contributed by atoms with Crippen molar-refractivity contribution < 1.29 is 17.9 Å². The Bertz CT molecular complexity index is 704. The zero-order valence-corrected chi connectivity index (χ0v) is 13.8. The lowest BCUT2D eigenvalue weighted by atomic mass is 10.1. The first-order valence-electron chi connectivity index (χ1n) is 7.23. The predicted molar refractivity (Wildman–Crippen MR) is 92.4 cm³/mol. The van der Waals surface area contributed by atoms with Gasteiger partial charge in [-0.1, -0.05) is 18.2 Å². The summed E-state index contributed by atoms with van der Waals surface area (Å²) in [5.74, 6) is 0.775. The van der Waals surface area contributed by atoms with Crippen molar-refractivity contribution in [2.24, 2.45) is 0 Å². The van der Waals surface area contributed by atoms with Gasteiger partial charge in [-0.25, -0.2) is 0 Å². The van der Waals surface area contributed by atoms with Crippen molar-refractivity contribution in [1.29, 1.82) is 0 Å². The van der Waals surface area contributed by atoms with E-state index in [0.29, 0.717) is 18.7 Å². The van der Waals surface area contributed by atoms with Crippen LogP contribution in [0.15, 0.2) is 48.5 Å². The van der Waals surface area contributed by atoms with Crippen LogP contribution in [0, 0.1) is 0 Å². The Morgan fingerprint density at radius 1 is 1.12 bits per heavy atom. The van der Waals surface area contributed by atoms with E-state index < -0.39 is 11.7 Å². The predicted octanol–water partition coefficient (Wildman–Crippen LogP) is 4.24. The van der Waals surface area contributed by atoms with Crippen molar-refractivity contribution >= 4 is 23.0 Å². The topological polar surface area (TPSA) is 33.3 Å². The van der Waals surface area contributed by atoms with Crippen LogP contribution in [0.1, 0.15) is 11.1 Å². The number of nitrogens with one attached hydrogen (secondary N) is 2. The van der Waals surface area contributed by atoms with Crippen LogP contribution in [-0.2, 0) is 12.6 Å². The van der Waals surface area contributed by atoms with Crippen LogP contribution in [0.5, 0.6) is 5.75 Å². The first-order valence-corrected chi connectivity index (χ1v) is 7.64. The van der Waals surface area contributed by atoms with Crippen LogP contribution in [0.2, 0.25) is 0 Å². The average Bonchev–Trinajstić information content (AvgIpc) is 2.54. The molecule has 128 valence electrons. The van der Waals surface area contributed by atoms with Crippen LogP contribution in [0.4, 0.5) is 18.9 Å². The van der Waals surface area contributed by atoms with E-state index in [2.05, 4.69) is 10.6 Å². The smallest absolute Gasteiger partial charge is 0.416 e. The quantitative estimate of drug-likeness (QED) is 0.787. The van der Waals surface area contributed by atoms with Crippen LogP contribution in [0.3, 0.4) is 0 Å². The van der Waals surface area contributed by atoms with Crippen molar-refractivity contribution in [2.75, 3.05) is 19.0 Å². The van der Waals surface area contributed by atoms with Crippen molar-refractivity contribution in [3.63, 3.8) is 0 Å². The van der Waals surface area contributed by atoms with Crippen molar-refractivity contribution in [2.45, 2.75) is 12.6 Å². The summed E-state index contributed by atoms with van der Waals surface area (Å²) >= 11 is 5.11. The van der Waals surface area contributed by atoms with Gasteiger partial charge in [0.25, 0.3) is 0 Å². The third kappa shape index (κ3) is 5.42. The van der Waals surface area contributed by atoms with Crippen molar-refractivity contribution in [3.05, 3.63) is 59.7 Å². The number of hydrogen-bond donors (Lipinski definition) is 2. The molecule has 2 rings (SSSR count). The summed E-state index contributed by atoms with van der Waals surface area (Å²) in [5, 5.41) is 6.01. The lowest BCUT2D eigenvalue weighted by Crippen LogP contribution is -2.30. The number of methoxy groups -OCH3 is 1. The second kappa shape index (κ2) is 8.01. The highest BCUT2D eigenvalue weighted by Crippen LogP contribution is 2.30. The normalized spacial score (nSPS) is 11.0. The number of hydrogen-bond acceptors (Lipinski definition) is 2. The molecule has 0 saturated carbocycles. The summed E-state index contributed by atoms with van der Waals surface area (Å²) in [4.78, 5) is 0. The van der Waals surface area contributed by atoms with Gasteiger partial charge in [-0.15, -0.1) is 0 Å². The highest BCUT2D eigenvalue weighted by Gasteiger charge is 2.30. The van der Waals surface area contributed by atoms with E-state index in [9.17, 15) is 13.2 Å². The minimum atomic E-state index is -4.38. The number of anilines is 1. The van der Waals surface area contributed by atoms with E-state index in [0.717, 1.165) is 23.4 Å². The van der Waals surface area contributed by atoms with Crippen LogP contribution in [0.25, 0.3) is 0 Å². The molecular weight excluding hydrogens is 337 g/mol. The largest absolute Gasteiger partial charge is 0.497 e. The Balaban J connectivity index is 1.85. The SMILES string of the molecule is COc1cccc(CCNC(=S)Nc2cccc(C(F)(F)F)c2)c1. The number of benzene rings is 2. The van der Waals surface area contributed by atoms with Gasteiger partial charge in [0.1, 0.15) is 5.75 Å². The lowest BCUT2D eigenvalue weighted by molar-refractivity contribution is -0.137. The van der Waals surface area contributed by atoms with Crippen molar-refractivity contribution in [3.8, 4) is 5.75 Å². The fourth-order valence-electron chi connectivity index (χ4n) is 2.10.